The topological polar surface area (TPSA) is 45.4 Å². The Morgan fingerprint density at radius 2 is 2.38 bits per heavy atom. The molecule has 0 aliphatic carbocycles. The van der Waals surface area contributed by atoms with Gasteiger partial charge in [0.1, 0.15) is 0 Å². The Morgan fingerprint density at radius 3 is 3.00 bits per heavy atom. The van der Waals surface area contributed by atoms with Crippen LogP contribution in [0.5, 0.6) is 0 Å². The highest BCUT2D eigenvalue weighted by Gasteiger charge is 2.04. The predicted octanol–water partition coefficient (Wildman–Crippen LogP) is 1.70. The van der Waals surface area contributed by atoms with E-state index in [4.69, 9.17) is 9.52 Å². The van der Waals surface area contributed by atoms with Gasteiger partial charge in [0.05, 0.1) is 12.5 Å². The molecule has 1 rings (SSSR count). The Hall–Kier alpha value is -0.800. The smallest absolute Gasteiger partial charge is 0.0950 e. The second kappa shape index (κ2) is 5.78. The minimum absolute atomic E-state index is 0.280. The van der Waals surface area contributed by atoms with Crippen molar-refractivity contribution in [1.29, 1.82) is 0 Å². The van der Waals surface area contributed by atoms with Gasteiger partial charge in [0.2, 0.25) is 0 Å². The first-order valence-corrected chi connectivity index (χ1v) is 4.71. The highest BCUT2D eigenvalue weighted by molar-refractivity contribution is 5.09. The van der Waals surface area contributed by atoms with Crippen LogP contribution in [0.15, 0.2) is 23.0 Å². The van der Waals surface area contributed by atoms with Crippen molar-refractivity contribution >= 4 is 0 Å². The average molecular weight is 183 g/mol. The summed E-state index contributed by atoms with van der Waals surface area (Å²) in [4.78, 5) is 0. The summed E-state index contributed by atoms with van der Waals surface area (Å²) in [6, 6.07) is 2.29. The molecule has 0 saturated carbocycles. The molecule has 0 aliphatic heterocycles. The highest BCUT2D eigenvalue weighted by atomic mass is 16.3. The SMILES string of the molecule is CC(NCCCCO)c1ccoc1. The lowest BCUT2D eigenvalue weighted by Crippen LogP contribution is -2.19. The monoisotopic (exact) mass is 183 g/mol. The summed E-state index contributed by atoms with van der Waals surface area (Å²) in [5.74, 6) is 0. The molecule has 0 bridgehead atoms. The molecule has 0 saturated heterocycles. The van der Waals surface area contributed by atoms with Gasteiger partial charge in [-0.1, -0.05) is 0 Å². The molecule has 13 heavy (non-hydrogen) atoms. The van der Waals surface area contributed by atoms with Crippen LogP contribution in [0, 0.1) is 0 Å². The van der Waals surface area contributed by atoms with E-state index in [-0.39, 0.29) is 6.61 Å². The van der Waals surface area contributed by atoms with Gasteiger partial charge in [-0.25, -0.2) is 0 Å². The van der Waals surface area contributed by atoms with Crippen LogP contribution in [-0.4, -0.2) is 18.3 Å². The van der Waals surface area contributed by atoms with Gasteiger partial charge in [-0.15, -0.1) is 0 Å². The summed E-state index contributed by atoms with van der Waals surface area (Å²) in [5.41, 5.74) is 1.17. The quantitative estimate of drug-likeness (QED) is 0.660. The lowest BCUT2D eigenvalue weighted by molar-refractivity contribution is 0.283. The van der Waals surface area contributed by atoms with Crippen LogP contribution < -0.4 is 5.32 Å². The summed E-state index contributed by atoms with van der Waals surface area (Å²) in [7, 11) is 0. The Bertz CT molecular complexity index is 209. The maximum Gasteiger partial charge on any atom is 0.0950 e. The second-order valence-electron chi connectivity index (χ2n) is 3.16. The molecule has 0 aliphatic rings. The number of nitrogens with one attached hydrogen (secondary N) is 1. The fraction of sp³-hybridized carbons (Fsp3) is 0.600. The van der Waals surface area contributed by atoms with Gasteiger partial charge >= 0.3 is 0 Å². The van der Waals surface area contributed by atoms with Crippen molar-refractivity contribution in [3.8, 4) is 0 Å². The maximum atomic E-state index is 8.57. The largest absolute Gasteiger partial charge is 0.472 e. The predicted molar refractivity (Wildman–Crippen MR) is 51.4 cm³/mol. The molecule has 1 unspecified atom stereocenters. The Balaban J connectivity index is 2.15. The molecule has 2 N–H and O–H groups in total. The molecular formula is C10H17NO2. The van der Waals surface area contributed by atoms with Crippen LogP contribution in [-0.2, 0) is 0 Å². The molecule has 0 fully saturated rings. The fourth-order valence-corrected chi connectivity index (χ4v) is 1.19. The zero-order chi connectivity index (χ0) is 9.52. The first-order valence-electron chi connectivity index (χ1n) is 4.71. The Kier molecular flexibility index (Phi) is 4.57. The summed E-state index contributed by atoms with van der Waals surface area (Å²) < 4.78 is 4.98. The van der Waals surface area contributed by atoms with E-state index in [2.05, 4.69) is 12.2 Å². The third kappa shape index (κ3) is 3.61. The minimum atomic E-state index is 0.280. The van der Waals surface area contributed by atoms with E-state index < -0.39 is 0 Å². The normalized spacial score (nSPS) is 13.1. The van der Waals surface area contributed by atoms with E-state index >= 15 is 0 Å². The van der Waals surface area contributed by atoms with E-state index in [1.807, 2.05) is 6.07 Å². The molecule has 0 amide bonds. The lowest BCUT2D eigenvalue weighted by Gasteiger charge is -2.10. The second-order valence-corrected chi connectivity index (χ2v) is 3.16. The van der Waals surface area contributed by atoms with Crippen molar-refractivity contribution in [2.75, 3.05) is 13.2 Å². The van der Waals surface area contributed by atoms with E-state index in [9.17, 15) is 0 Å². The summed E-state index contributed by atoms with van der Waals surface area (Å²) >= 11 is 0. The van der Waals surface area contributed by atoms with Crippen molar-refractivity contribution in [1.82, 2.24) is 5.32 Å². The average Bonchev–Trinajstić information content (AvgIpc) is 2.65. The van der Waals surface area contributed by atoms with Gasteiger partial charge in [0.15, 0.2) is 0 Å². The van der Waals surface area contributed by atoms with E-state index in [0.29, 0.717) is 6.04 Å². The molecule has 1 aromatic heterocycles. The van der Waals surface area contributed by atoms with Crippen molar-refractivity contribution in [2.45, 2.75) is 25.8 Å². The van der Waals surface area contributed by atoms with Gasteiger partial charge in [0, 0.05) is 18.2 Å². The van der Waals surface area contributed by atoms with Gasteiger partial charge < -0.3 is 14.8 Å². The van der Waals surface area contributed by atoms with Gasteiger partial charge in [-0.3, -0.25) is 0 Å². The van der Waals surface area contributed by atoms with Crippen LogP contribution in [0.25, 0.3) is 0 Å². The van der Waals surface area contributed by atoms with Crippen molar-refractivity contribution < 1.29 is 9.52 Å². The van der Waals surface area contributed by atoms with Crippen LogP contribution >= 0.6 is 0 Å². The van der Waals surface area contributed by atoms with Crippen LogP contribution in [0.2, 0.25) is 0 Å². The molecular weight excluding hydrogens is 166 g/mol. The zero-order valence-corrected chi connectivity index (χ0v) is 7.99. The molecule has 3 heteroatoms. The molecule has 0 spiro atoms. The van der Waals surface area contributed by atoms with Crippen molar-refractivity contribution in [3.63, 3.8) is 0 Å². The maximum absolute atomic E-state index is 8.57. The van der Waals surface area contributed by atoms with Gasteiger partial charge in [-0.05, 0) is 32.4 Å². The van der Waals surface area contributed by atoms with Crippen molar-refractivity contribution in [2.24, 2.45) is 0 Å². The summed E-state index contributed by atoms with van der Waals surface area (Å²) in [6.07, 6.45) is 5.31. The molecule has 3 nitrogen and oxygen atoms in total. The van der Waals surface area contributed by atoms with Crippen molar-refractivity contribution in [3.05, 3.63) is 24.2 Å². The number of furan rings is 1. The number of rotatable bonds is 6. The first kappa shape index (κ1) is 10.3. The Labute approximate surface area is 78.8 Å². The van der Waals surface area contributed by atoms with Crippen LogP contribution in [0.3, 0.4) is 0 Å². The van der Waals surface area contributed by atoms with Crippen LogP contribution in [0.1, 0.15) is 31.4 Å². The molecule has 74 valence electrons. The molecule has 1 aromatic rings. The first-order chi connectivity index (χ1) is 6.34. The zero-order valence-electron chi connectivity index (χ0n) is 7.99. The number of hydrogen-bond donors (Lipinski definition) is 2. The third-order valence-electron chi connectivity index (χ3n) is 2.08. The highest BCUT2D eigenvalue weighted by Crippen LogP contribution is 2.11. The molecule has 1 heterocycles. The minimum Gasteiger partial charge on any atom is -0.472 e. The number of aliphatic hydroxyl groups is 1. The summed E-state index contributed by atoms with van der Waals surface area (Å²) in [6.45, 7) is 3.32. The van der Waals surface area contributed by atoms with Gasteiger partial charge in [-0.2, -0.15) is 0 Å². The van der Waals surface area contributed by atoms with E-state index in [1.165, 1.54) is 5.56 Å². The third-order valence-corrected chi connectivity index (χ3v) is 2.08. The molecule has 1 atom stereocenters. The summed E-state index contributed by atoms with van der Waals surface area (Å²) in [5, 5.41) is 11.9. The number of hydrogen-bond acceptors (Lipinski definition) is 3. The van der Waals surface area contributed by atoms with Gasteiger partial charge in [0.25, 0.3) is 0 Å². The van der Waals surface area contributed by atoms with E-state index in [0.717, 1.165) is 19.4 Å². The number of unbranched alkanes of at least 4 members (excludes halogenated alkanes) is 1. The lowest BCUT2D eigenvalue weighted by atomic mass is 10.2. The Morgan fingerprint density at radius 1 is 1.54 bits per heavy atom. The molecule has 0 aromatic carbocycles. The standard InChI is InChI=1S/C10H17NO2/c1-9(10-4-7-13-8-10)11-5-2-3-6-12/h4,7-9,11-12H,2-3,5-6H2,1H3. The van der Waals surface area contributed by atoms with Crippen LogP contribution in [0.4, 0.5) is 0 Å². The fourth-order valence-electron chi connectivity index (χ4n) is 1.19. The van der Waals surface area contributed by atoms with E-state index in [1.54, 1.807) is 12.5 Å². The number of aliphatic hydroxyl groups excluding tert-OH is 1. The molecule has 0 radical (unpaired) electrons.